The second-order valence-electron chi connectivity index (χ2n) is 7.15. The van der Waals surface area contributed by atoms with Gasteiger partial charge in [0.1, 0.15) is 11.5 Å². The Balaban J connectivity index is 1.54. The molecule has 0 radical (unpaired) electrons. The van der Waals surface area contributed by atoms with E-state index in [4.69, 9.17) is 18.9 Å². The molecule has 1 aromatic heterocycles. The first-order valence-corrected chi connectivity index (χ1v) is 11.9. The molecule has 0 aliphatic carbocycles. The van der Waals surface area contributed by atoms with Crippen molar-refractivity contribution in [3.05, 3.63) is 72.8 Å². The number of hydrogen-bond donors (Lipinski definition) is 0. The Hall–Kier alpha value is -3.65. The molecule has 0 unspecified atom stereocenters. The molecular formula is C26H27N3O4S. The summed E-state index contributed by atoms with van der Waals surface area (Å²) in [6.07, 6.45) is 0. The van der Waals surface area contributed by atoms with Crippen LogP contribution in [0.3, 0.4) is 0 Å². The predicted octanol–water partition coefficient (Wildman–Crippen LogP) is 5.52. The Kier molecular flexibility index (Phi) is 7.93. The van der Waals surface area contributed by atoms with E-state index in [0.29, 0.717) is 30.5 Å². The molecule has 0 spiro atoms. The van der Waals surface area contributed by atoms with Crippen LogP contribution in [0.1, 0.15) is 6.92 Å². The zero-order chi connectivity index (χ0) is 23.8. The molecule has 0 bridgehead atoms. The van der Waals surface area contributed by atoms with Gasteiger partial charge in [-0.05, 0) is 43.3 Å². The average molecular weight is 478 g/mol. The molecule has 0 saturated carbocycles. The number of ether oxygens (including phenoxy) is 4. The first-order valence-electron chi connectivity index (χ1n) is 10.9. The van der Waals surface area contributed by atoms with Crippen LogP contribution < -0.4 is 18.9 Å². The lowest BCUT2D eigenvalue weighted by molar-refractivity contribution is 0.332. The van der Waals surface area contributed by atoms with Gasteiger partial charge in [0, 0.05) is 17.4 Å². The Morgan fingerprint density at radius 2 is 1.50 bits per heavy atom. The van der Waals surface area contributed by atoms with Crippen LogP contribution >= 0.6 is 11.8 Å². The maximum atomic E-state index is 5.89. The van der Waals surface area contributed by atoms with Crippen LogP contribution in [-0.4, -0.2) is 48.0 Å². The summed E-state index contributed by atoms with van der Waals surface area (Å²) < 4.78 is 24.3. The van der Waals surface area contributed by atoms with Crippen LogP contribution in [0.15, 0.2) is 78.0 Å². The predicted molar refractivity (Wildman–Crippen MR) is 134 cm³/mol. The van der Waals surface area contributed by atoms with Crippen molar-refractivity contribution >= 4 is 11.8 Å². The molecule has 4 rings (SSSR count). The quantitative estimate of drug-likeness (QED) is 0.208. The minimum absolute atomic E-state index is 0.526. The lowest BCUT2D eigenvalue weighted by Crippen LogP contribution is -2.04. The largest absolute Gasteiger partial charge is 0.494 e. The molecule has 0 aliphatic heterocycles. The molecule has 0 aliphatic rings. The van der Waals surface area contributed by atoms with E-state index in [0.717, 1.165) is 33.7 Å². The van der Waals surface area contributed by atoms with E-state index in [1.54, 1.807) is 26.0 Å². The fourth-order valence-electron chi connectivity index (χ4n) is 3.43. The van der Waals surface area contributed by atoms with Crippen molar-refractivity contribution in [1.82, 2.24) is 14.8 Å². The molecule has 0 atom stereocenters. The highest BCUT2D eigenvalue weighted by atomic mass is 32.2. The van der Waals surface area contributed by atoms with Crippen LogP contribution in [0.4, 0.5) is 0 Å². The molecule has 1 heterocycles. The number of hydrogen-bond acceptors (Lipinski definition) is 7. The zero-order valence-electron chi connectivity index (χ0n) is 19.4. The van der Waals surface area contributed by atoms with Crippen molar-refractivity contribution in [3.63, 3.8) is 0 Å². The first-order chi connectivity index (χ1) is 16.7. The maximum absolute atomic E-state index is 5.89. The zero-order valence-corrected chi connectivity index (χ0v) is 20.2. The third-order valence-electron chi connectivity index (χ3n) is 5.01. The SMILES string of the molecule is CCOc1ccc(OCCSc2nnc(-c3ccccc3)n2-c2ccc(OC)c(OC)c2)cc1. The van der Waals surface area contributed by atoms with Crippen molar-refractivity contribution in [2.45, 2.75) is 12.1 Å². The van der Waals surface area contributed by atoms with Crippen molar-refractivity contribution in [1.29, 1.82) is 0 Å². The Morgan fingerprint density at radius 3 is 2.18 bits per heavy atom. The monoisotopic (exact) mass is 477 g/mol. The van der Waals surface area contributed by atoms with Crippen LogP contribution in [0.25, 0.3) is 17.1 Å². The molecule has 0 fully saturated rings. The highest BCUT2D eigenvalue weighted by molar-refractivity contribution is 7.99. The van der Waals surface area contributed by atoms with Crippen molar-refractivity contribution in [2.24, 2.45) is 0 Å². The molecule has 0 N–H and O–H groups in total. The van der Waals surface area contributed by atoms with E-state index >= 15 is 0 Å². The van der Waals surface area contributed by atoms with Crippen LogP contribution in [0.5, 0.6) is 23.0 Å². The fourth-order valence-corrected chi connectivity index (χ4v) is 4.19. The normalized spacial score (nSPS) is 10.7. The first kappa shape index (κ1) is 23.5. The van der Waals surface area contributed by atoms with Gasteiger partial charge < -0.3 is 18.9 Å². The molecule has 34 heavy (non-hydrogen) atoms. The summed E-state index contributed by atoms with van der Waals surface area (Å²) in [5, 5.41) is 9.73. The van der Waals surface area contributed by atoms with Gasteiger partial charge in [0.2, 0.25) is 0 Å². The summed E-state index contributed by atoms with van der Waals surface area (Å²) in [7, 11) is 3.25. The number of aromatic nitrogens is 3. The molecule has 8 heteroatoms. The molecule has 4 aromatic rings. The molecule has 7 nitrogen and oxygen atoms in total. The van der Waals surface area contributed by atoms with Crippen molar-refractivity contribution in [2.75, 3.05) is 33.2 Å². The van der Waals surface area contributed by atoms with Crippen molar-refractivity contribution < 1.29 is 18.9 Å². The van der Waals surface area contributed by atoms with E-state index in [1.807, 2.05) is 84.3 Å². The molecule has 0 saturated heterocycles. The number of rotatable bonds is 11. The van der Waals surface area contributed by atoms with Gasteiger partial charge in [-0.2, -0.15) is 0 Å². The van der Waals surface area contributed by atoms with Gasteiger partial charge in [0.05, 0.1) is 33.1 Å². The van der Waals surface area contributed by atoms with Gasteiger partial charge in [0.15, 0.2) is 22.5 Å². The van der Waals surface area contributed by atoms with Gasteiger partial charge in [-0.15, -0.1) is 10.2 Å². The Labute approximate surface area is 203 Å². The van der Waals surface area contributed by atoms with Crippen LogP contribution in [0, 0.1) is 0 Å². The van der Waals surface area contributed by atoms with E-state index < -0.39 is 0 Å². The van der Waals surface area contributed by atoms with Crippen LogP contribution in [0.2, 0.25) is 0 Å². The summed E-state index contributed by atoms with van der Waals surface area (Å²) in [4.78, 5) is 0. The summed E-state index contributed by atoms with van der Waals surface area (Å²) in [6.45, 7) is 3.13. The summed E-state index contributed by atoms with van der Waals surface area (Å²) in [5.74, 6) is 4.40. The molecule has 3 aromatic carbocycles. The third-order valence-corrected chi connectivity index (χ3v) is 5.90. The standard InChI is InChI=1S/C26H27N3O4S/c1-4-32-21-11-13-22(14-12-21)33-16-17-34-26-28-27-25(19-8-6-5-7-9-19)29(26)20-10-15-23(30-2)24(18-20)31-3/h5-15,18H,4,16-17H2,1-3H3. The number of nitrogens with zero attached hydrogens (tertiary/aromatic N) is 3. The Morgan fingerprint density at radius 1 is 0.794 bits per heavy atom. The second kappa shape index (κ2) is 11.5. The third kappa shape index (κ3) is 5.46. The highest BCUT2D eigenvalue weighted by Gasteiger charge is 2.18. The van der Waals surface area contributed by atoms with Gasteiger partial charge in [0.25, 0.3) is 0 Å². The van der Waals surface area contributed by atoms with Crippen LogP contribution in [-0.2, 0) is 0 Å². The van der Waals surface area contributed by atoms with Gasteiger partial charge in [-0.25, -0.2) is 0 Å². The summed E-state index contributed by atoms with van der Waals surface area (Å²) in [5.41, 5.74) is 1.86. The van der Waals surface area contributed by atoms with Gasteiger partial charge in [-0.1, -0.05) is 42.1 Å². The highest BCUT2D eigenvalue weighted by Crippen LogP contribution is 2.33. The van der Waals surface area contributed by atoms with E-state index in [1.165, 1.54) is 0 Å². The average Bonchev–Trinajstić information content (AvgIpc) is 3.31. The summed E-state index contributed by atoms with van der Waals surface area (Å²) in [6, 6.07) is 23.4. The number of methoxy groups -OCH3 is 2. The van der Waals surface area contributed by atoms with Gasteiger partial charge in [-0.3, -0.25) is 4.57 Å². The smallest absolute Gasteiger partial charge is 0.196 e. The second-order valence-corrected chi connectivity index (χ2v) is 8.21. The Bertz CT molecular complexity index is 1200. The maximum Gasteiger partial charge on any atom is 0.196 e. The topological polar surface area (TPSA) is 67.6 Å². The minimum Gasteiger partial charge on any atom is -0.494 e. The van der Waals surface area contributed by atoms with E-state index in [2.05, 4.69) is 10.2 Å². The summed E-state index contributed by atoms with van der Waals surface area (Å²) >= 11 is 1.58. The molecule has 176 valence electrons. The molecule has 0 amide bonds. The van der Waals surface area contributed by atoms with E-state index in [-0.39, 0.29) is 0 Å². The van der Waals surface area contributed by atoms with Gasteiger partial charge >= 0.3 is 0 Å². The molecular weight excluding hydrogens is 450 g/mol. The number of benzene rings is 3. The fraction of sp³-hybridized carbons (Fsp3) is 0.231. The number of thioether (sulfide) groups is 1. The minimum atomic E-state index is 0.526. The lowest BCUT2D eigenvalue weighted by atomic mass is 10.2. The van der Waals surface area contributed by atoms with Crippen molar-refractivity contribution in [3.8, 4) is 40.1 Å². The lowest BCUT2D eigenvalue weighted by Gasteiger charge is -2.14. The van der Waals surface area contributed by atoms with E-state index in [9.17, 15) is 0 Å².